The molecule has 0 aliphatic carbocycles. The maximum absolute atomic E-state index is 12.0. The summed E-state index contributed by atoms with van der Waals surface area (Å²) in [4.78, 5) is 13.2. The largest absolute Gasteiger partial charge is 0.348 e. The highest BCUT2D eigenvalue weighted by Gasteiger charge is 2.30. The van der Waals surface area contributed by atoms with Crippen molar-refractivity contribution in [1.29, 1.82) is 0 Å². The number of thiophene rings is 1. The molecule has 88 valence electrons. The average molecular weight is 238 g/mol. The van der Waals surface area contributed by atoms with Crippen molar-refractivity contribution in [3.8, 4) is 0 Å². The molecule has 2 heterocycles. The molecule has 4 heteroatoms. The zero-order chi connectivity index (χ0) is 11.5. The van der Waals surface area contributed by atoms with Crippen LogP contribution in [0.4, 0.5) is 0 Å². The Kier molecular flexibility index (Phi) is 3.61. The number of amides is 1. The highest BCUT2D eigenvalue weighted by atomic mass is 32.1. The van der Waals surface area contributed by atoms with E-state index in [-0.39, 0.29) is 17.9 Å². The standard InChI is InChI=1S/C12H18N2OS/c1-8-10(5-6-13-8)12(15)14-9(2)11-4-3-7-16-11/h3-4,7-10,13H,5-6H2,1-2H3,(H,14,15). The van der Waals surface area contributed by atoms with Crippen LogP contribution in [0.1, 0.15) is 31.2 Å². The molecule has 1 aromatic heterocycles. The van der Waals surface area contributed by atoms with E-state index in [4.69, 9.17) is 0 Å². The van der Waals surface area contributed by atoms with Gasteiger partial charge in [-0.1, -0.05) is 6.07 Å². The molecule has 1 aliphatic heterocycles. The SMILES string of the molecule is CC(NC(=O)C1CCNC1C)c1cccs1. The Morgan fingerprint density at radius 2 is 2.50 bits per heavy atom. The summed E-state index contributed by atoms with van der Waals surface area (Å²) >= 11 is 1.69. The lowest BCUT2D eigenvalue weighted by Crippen LogP contribution is -2.37. The fourth-order valence-electron chi connectivity index (χ4n) is 2.15. The summed E-state index contributed by atoms with van der Waals surface area (Å²) in [6.07, 6.45) is 0.949. The lowest BCUT2D eigenvalue weighted by atomic mass is 10.0. The van der Waals surface area contributed by atoms with Crippen molar-refractivity contribution in [2.24, 2.45) is 5.92 Å². The molecule has 0 bridgehead atoms. The van der Waals surface area contributed by atoms with Gasteiger partial charge in [0.1, 0.15) is 0 Å². The van der Waals surface area contributed by atoms with Gasteiger partial charge in [-0.3, -0.25) is 4.79 Å². The Labute approximate surface area is 100 Å². The minimum absolute atomic E-state index is 0.125. The van der Waals surface area contributed by atoms with Gasteiger partial charge in [0, 0.05) is 10.9 Å². The Morgan fingerprint density at radius 1 is 1.69 bits per heavy atom. The molecule has 0 radical (unpaired) electrons. The van der Waals surface area contributed by atoms with Crippen LogP contribution < -0.4 is 10.6 Å². The Balaban J connectivity index is 1.92. The van der Waals surface area contributed by atoms with Crippen molar-refractivity contribution in [2.75, 3.05) is 6.54 Å². The van der Waals surface area contributed by atoms with E-state index in [1.807, 2.05) is 18.4 Å². The molecule has 2 rings (SSSR count). The molecular weight excluding hydrogens is 220 g/mol. The molecular formula is C12H18N2OS. The van der Waals surface area contributed by atoms with Gasteiger partial charge in [0.15, 0.2) is 0 Å². The van der Waals surface area contributed by atoms with E-state index < -0.39 is 0 Å². The van der Waals surface area contributed by atoms with E-state index in [1.165, 1.54) is 4.88 Å². The second-order valence-corrected chi connectivity index (χ2v) is 5.36. The van der Waals surface area contributed by atoms with Gasteiger partial charge < -0.3 is 10.6 Å². The lowest BCUT2D eigenvalue weighted by Gasteiger charge is -2.18. The first-order valence-corrected chi connectivity index (χ1v) is 6.63. The molecule has 0 spiro atoms. The molecule has 1 aliphatic rings. The number of carbonyl (C=O) groups is 1. The zero-order valence-corrected chi connectivity index (χ0v) is 10.5. The Morgan fingerprint density at radius 3 is 3.06 bits per heavy atom. The van der Waals surface area contributed by atoms with Crippen molar-refractivity contribution in [2.45, 2.75) is 32.4 Å². The Bertz CT molecular complexity index is 350. The van der Waals surface area contributed by atoms with E-state index in [1.54, 1.807) is 11.3 Å². The third kappa shape index (κ3) is 2.44. The first kappa shape index (κ1) is 11.6. The monoisotopic (exact) mass is 238 g/mol. The van der Waals surface area contributed by atoms with Gasteiger partial charge >= 0.3 is 0 Å². The maximum Gasteiger partial charge on any atom is 0.225 e. The van der Waals surface area contributed by atoms with E-state index in [0.717, 1.165) is 13.0 Å². The van der Waals surface area contributed by atoms with E-state index >= 15 is 0 Å². The molecule has 0 saturated carbocycles. The highest BCUT2D eigenvalue weighted by Crippen LogP contribution is 2.21. The minimum Gasteiger partial charge on any atom is -0.348 e. The average Bonchev–Trinajstić information content (AvgIpc) is 2.86. The predicted octanol–water partition coefficient (Wildman–Crippen LogP) is 1.92. The van der Waals surface area contributed by atoms with Gasteiger partial charge in [-0.05, 0) is 38.3 Å². The van der Waals surface area contributed by atoms with Crippen LogP contribution in [0, 0.1) is 5.92 Å². The topological polar surface area (TPSA) is 41.1 Å². The number of nitrogens with one attached hydrogen (secondary N) is 2. The van der Waals surface area contributed by atoms with Crippen LogP contribution >= 0.6 is 11.3 Å². The molecule has 3 nitrogen and oxygen atoms in total. The van der Waals surface area contributed by atoms with Crippen LogP contribution in [0.2, 0.25) is 0 Å². The molecule has 1 saturated heterocycles. The molecule has 0 aromatic carbocycles. The summed E-state index contributed by atoms with van der Waals surface area (Å²) in [5, 5.41) is 8.43. The zero-order valence-electron chi connectivity index (χ0n) is 9.69. The third-order valence-corrected chi connectivity index (χ3v) is 4.25. The van der Waals surface area contributed by atoms with E-state index in [0.29, 0.717) is 6.04 Å². The molecule has 16 heavy (non-hydrogen) atoms. The molecule has 1 aromatic rings. The van der Waals surface area contributed by atoms with E-state index in [2.05, 4.69) is 23.6 Å². The van der Waals surface area contributed by atoms with Crippen LogP contribution in [0.5, 0.6) is 0 Å². The number of hydrogen-bond donors (Lipinski definition) is 2. The van der Waals surface area contributed by atoms with E-state index in [9.17, 15) is 4.79 Å². The van der Waals surface area contributed by atoms with Gasteiger partial charge in [0.2, 0.25) is 5.91 Å². The van der Waals surface area contributed by atoms with Crippen LogP contribution in [0.15, 0.2) is 17.5 Å². The van der Waals surface area contributed by atoms with Crippen molar-refractivity contribution < 1.29 is 4.79 Å². The fraction of sp³-hybridized carbons (Fsp3) is 0.583. The quantitative estimate of drug-likeness (QED) is 0.844. The molecule has 3 unspecified atom stereocenters. The fourth-order valence-corrected chi connectivity index (χ4v) is 2.88. The van der Waals surface area contributed by atoms with Gasteiger partial charge in [-0.15, -0.1) is 11.3 Å². The number of carbonyl (C=O) groups excluding carboxylic acids is 1. The first-order valence-electron chi connectivity index (χ1n) is 5.75. The van der Waals surface area contributed by atoms with Gasteiger partial charge in [0.05, 0.1) is 12.0 Å². The summed E-state index contributed by atoms with van der Waals surface area (Å²) in [6, 6.07) is 4.50. The summed E-state index contributed by atoms with van der Waals surface area (Å²) in [6.45, 7) is 5.07. The van der Waals surface area contributed by atoms with Crippen LogP contribution in [-0.4, -0.2) is 18.5 Å². The summed E-state index contributed by atoms with van der Waals surface area (Å²) in [5.41, 5.74) is 0. The van der Waals surface area contributed by atoms with Crippen molar-refractivity contribution >= 4 is 17.2 Å². The normalized spacial score (nSPS) is 26.6. The van der Waals surface area contributed by atoms with Gasteiger partial charge in [-0.25, -0.2) is 0 Å². The summed E-state index contributed by atoms with van der Waals surface area (Å²) in [7, 11) is 0. The highest BCUT2D eigenvalue weighted by molar-refractivity contribution is 7.10. The van der Waals surface area contributed by atoms with Crippen molar-refractivity contribution in [3.63, 3.8) is 0 Å². The number of hydrogen-bond acceptors (Lipinski definition) is 3. The summed E-state index contributed by atoms with van der Waals surface area (Å²) in [5.74, 6) is 0.306. The smallest absolute Gasteiger partial charge is 0.225 e. The van der Waals surface area contributed by atoms with Crippen molar-refractivity contribution in [1.82, 2.24) is 10.6 Å². The second-order valence-electron chi connectivity index (χ2n) is 4.38. The number of rotatable bonds is 3. The molecule has 2 N–H and O–H groups in total. The summed E-state index contributed by atoms with van der Waals surface area (Å²) < 4.78 is 0. The predicted molar refractivity (Wildman–Crippen MR) is 66.4 cm³/mol. The second kappa shape index (κ2) is 4.97. The van der Waals surface area contributed by atoms with Gasteiger partial charge in [-0.2, -0.15) is 0 Å². The van der Waals surface area contributed by atoms with Crippen molar-refractivity contribution in [3.05, 3.63) is 22.4 Å². The molecule has 1 fully saturated rings. The van der Waals surface area contributed by atoms with Crippen LogP contribution in [0.25, 0.3) is 0 Å². The first-order chi connectivity index (χ1) is 7.68. The lowest BCUT2D eigenvalue weighted by molar-refractivity contribution is -0.125. The van der Waals surface area contributed by atoms with Gasteiger partial charge in [0.25, 0.3) is 0 Å². The van der Waals surface area contributed by atoms with Crippen LogP contribution in [-0.2, 0) is 4.79 Å². The van der Waals surface area contributed by atoms with Crippen LogP contribution in [0.3, 0.4) is 0 Å². The minimum atomic E-state index is 0.125. The molecule has 3 atom stereocenters. The Hall–Kier alpha value is -0.870. The molecule has 1 amide bonds. The maximum atomic E-state index is 12.0. The third-order valence-electron chi connectivity index (χ3n) is 3.19.